The highest BCUT2D eigenvalue weighted by Crippen LogP contribution is 2.17. The summed E-state index contributed by atoms with van der Waals surface area (Å²) >= 11 is 3.36. The minimum Gasteiger partial charge on any atom is -0.357 e. The van der Waals surface area contributed by atoms with E-state index < -0.39 is 0 Å². The van der Waals surface area contributed by atoms with E-state index in [1.807, 2.05) is 18.2 Å². The highest BCUT2D eigenvalue weighted by molar-refractivity contribution is 9.10. The van der Waals surface area contributed by atoms with Crippen LogP contribution in [0.4, 0.5) is 5.82 Å². The van der Waals surface area contributed by atoms with Gasteiger partial charge in [-0.15, -0.1) is 0 Å². The van der Waals surface area contributed by atoms with Crippen LogP contribution in [0.3, 0.4) is 0 Å². The summed E-state index contributed by atoms with van der Waals surface area (Å²) in [5, 5.41) is 2.86. The summed E-state index contributed by atoms with van der Waals surface area (Å²) in [4.78, 5) is 23.1. The monoisotopic (exact) mass is 360 g/mol. The van der Waals surface area contributed by atoms with Crippen molar-refractivity contribution >= 4 is 27.7 Å². The molecule has 1 amide bonds. The first-order valence-electron chi connectivity index (χ1n) is 7.33. The quantitative estimate of drug-likeness (QED) is 0.910. The summed E-state index contributed by atoms with van der Waals surface area (Å²) in [6.45, 7) is 2.41. The molecule has 6 heteroatoms. The molecule has 1 aromatic heterocycles. The highest BCUT2D eigenvalue weighted by Gasteiger charge is 2.14. The molecule has 0 spiro atoms. The number of amides is 1. The number of anilines is 1. The van der Waals surface area contributed by atoms with Gasteiger partial charge in [-0.25, -0.2) is 9.97 Å². The maximum absolute atomic E-state index is 12.1. The third-order valence-electron chi connectivity index (χ3n) is 3.61. The predicted molar refractivity (Wildman–Crippen MR) is 88.8 cm³/mol. The molecular formula is C16H17BrN4O. The lowest BCUT2D eigenvalue weighted by Crippen LogP contribution is -2.25. The van der Waals surface area contributed by atoms with Crippen LogP contribution < -0.4 is 10.2 Å². The smallest absolute Gasteiger partial charge is 0.251 e. The molecule has 5 nitrogen and oxygen atoms in total. The molecule has 0 unspecified atom stereocenters. The second-order valence-corrected chi connectivity index (χ2v) is 6.13. The zero-order chi connectivity index (χ0) is 15.4. The van der Waals surface area contributed by atoms with Gasteiger partial charge in [0.1, 0.15) is 11.6 Å². The van der Waals surface area contributed by atoms with E-state index >= 15 is 0 Å². The fourth-order valence-corrected chi connectivity index (χ4v) is 2.89. The molecule has 2 aromatic rings. The summed E-state index contributed by atoms with van der Waals surface area (Å²) in [6.07, 6.45) is 4.17. The molecule has 114 valence electrons. The molecule has 1 aromatic carbocycles. The Hall–Kier alpha value is -1.95. The summed E-state index contributed by atoms with van der Waals surface area (Å²) < 4.78 is 0.882. The zero-order valence-electron chi connectivity index (χ0n) is 12.1. The maximum Gasteiger partial charge on any atom is 0.251 e. The lowest BCUT2D eigenvalue weighted by Gasteiger charge is -2.16. The molecule has 0 saturated carbocycles. The standard InChI is InChI=1S/C16H17BrN4O/c17-13-5-3-4-12(10-13)16(22)19-11-14-18-7-6-15(20-14)21-8-1-2-9-21/h3-7,10H,1-2,8-9,11H2,(H,19,22). The normalized spacial score (nSPS) is 14.1. The molecule has 1 aliphatic rings. The molecule has 0 bridgehead atoms. The third kappa shape index (κ3) is 3.62. The van der Waals surface area contributed by atoms with Crippen molar-refractivity contribution in [2.24, 2.45) is 0 Å². The van der Waals surface area contributed by atoms with Gasteiger partial charge in [-0.3, -0.25) is 4.79 Å². The van der Waals surface area contributed by atoms with Gasteiger partial charge in [0.15, 0.2) is 0 Å². The number of hydrogen-bond acceptors (Lipinski definition) is 4. The number of carbonyl (C=O) groups excluding carboxylic acids is 1. The van der Waals surface area contributed by atoms with Gasteiger partial charge < -0.3 is 10.2 Å². The SMILES string of the molecule is O=C(NCc1nccc(N2CCCC2)n1)c1cccc(Br)c1. The second-order valence-electron chi connectivity index (χ2n) is 5.22. The molecule has 22 heavy (non-hydrogen) atoms. The summed E-state index contributed by atoms with van der Waals surface area (Å²) in [7, 11) is 0. The van der Waals surface area contributed by atoms with Crippen molar-refractivity contribution in [1.29, 1.82) is 0 Å². The van der Waals surface area contributed by atoms with Gasteiger partial charge in [-0.1, -0.05) is 22.0 Å². The number of halogens is 1. The van der Waals surface area contributed by atoms with Crippen LogP contribution in [0.25, 0.3) is 0 Å². The van der Waals surface area contributed by atoms with Crippen molar-refractivity contribution in [2.75, 3.05) is 18.0 Å². The van der Waals surface area contributed by atoms with E-state index in [1.165, 1.54) is 12.8 Å². The van der Waals surface area contributed by atoms with E-state index in [0.717, 1.165) is 23.4 Å². The summed E-state index contributed by atoms with van der Waals surface area (Å²) in [5.74, 6) is 1.45. The number of carbonyl (C=O) groups is 1. The van der Waals surface area contributed by atoms with E-state index in [1.54, 1.807) is 18.3 Å². The Morgan fingerprint density at radius 2 is 2.09 bits per heavy atom. The third-order valence-corrected chi connectivity index (χ3v) is 4.11. The number of benzene rings is 1. The van der Waals surface area contributed by atoms with Gasteiger partial charge in [0.25, 0.3) is 5.91 Å². The number of nitrogens with zero attached hydrogens (tertiary/aromatic N) is 3. The van der Waals surface area contributed by atoms with Crippen LogP contribution >= 0.6 is 15.9 Å². The van der Waals surface area contributed by atoms with Gasteiger partial charge in [-0.2, -0.15) is 0 Å². The van der Waals surface area contributed by atoms with E-state index in [4.69, 9.17) is 0 Å². The fraction of sp³-hybridized carbons (Fsp3) is 0.312. The molecule has 1 N–H and O–H groups in total. The van der Waals surface area contributed by atoms with Crippen LogP contribution in [0.15, 0.2) is 41.0 Å². The minimum atomic E-state index is -0.128. The first-order chi connectivity index (χ1) is 10.7. The van der Waals surface area contributed by atoms with Gasteiger partial charge in [-0.05, 0) is 37.1 Å². The second kappa shape index (κ2) is 6.87. The molecule has 0 atom stereocenters. The van der Waals surface area contributed by atoms with Crippen LogP contribution in [0.1, 0.15) is 29.0 Å². The van der Waals surface area contributed by atoms with Gasteiger partial charge >= 0.3 is 0 Å². The van der Waals surface area contributed by atoms with E-state index in [9.17, 15) is 4.79 Å². The Kier molecular flexibility index (Phi) is 4.68. The van der Waals surface area contributed by atoms with Crippen molar-refractivity contribution < 1.29 is 4.79 Å². The van der Waals surface area contributed by atoms with E-state index in [2.05, 4.69) is 36.1 Å². The largest absolute Gasteiger partial charge is 0.357 e. The minimum absolute atomic E-state index is 0.128. The molecule has 3 rings (SSSR count). The Balaban J connectivity index is 1.63. The Labute approximate surface area is 137 Å². The van der Waals surface area contributed by atoms with Crippen molar-refractivity contribution in [3.05, 3.63) is 52.4 Å². The predicted octanol–water partition coefficient (Wildman–Crippen LogP) is 2.77. The molecule has 2 heterocycles. The first-order valence-corrected chi connectivity index (χ1v) is 8.12. The average molecular weight is 361 g/mol. The summed E-state index contributed by atoms with van der Waals surface area (Å²) in [6, 6.07) is 9.21. The van der Waals surface area contributed by atoms with Crippen LogP contribution in [0.2, 0.25) is 0 Å². The van der Waals surface area contributed by atoms with Gasteiger partial charge in [0.2, 0.25) is 0 Å². The van der Waals surface area contributed by atoms with E-state index in [-0.39, 0.29) is 5.91 Å². The lowest BCUT2D eigenvalue weighted by atomic mass is 10.2. The number of rotatable bonds is 4. The maximum atomic E-state index is 12.1. The number of aromatic nitrogens is 2. The molecular weight excluding hydrogens is 344 g/mol. The van der Waals surface area contributed by atoms with Crippen LogP contribution in [0.5, 0.6) is 0 Å². The lowest BCUT2D eigenvalue weighted by molar-refractivity contribution is 0.0950. The van der Waals surface area contributed by atoms with E-state index in [0.29, 0.717) is 17.9 Å². The van der Waals surface area contributed by atoms with Gasteiger partial charge in [0, 0.05) is 29.3 Å². The fourth-order valence-electron chi connectivity index (χ4n) is 2.49. The molecule has 0 radical (unpaired) electrons. The van der Waals surface area contributed by atoms with Crippen LogP contribution in [-0.2, 0) is 6.54 Å². The number of nitrogens with one attached hydrogen (secondary N) is 1. The highest BCUT2D eigenvalue weighted by atomic mass is 79.9. The van der Waals surface area contributed by atoms with Gasteiger partial charge in [0.05, 0.1) is 6.54 Å². The van der Waals surface area contributed by atoms with Crippen molar-refractivity contribution in [2.45, 2.75) is 19.4 Å². The topological polar surface area (TPSA) is 58.1 Å². The zero-order valence-corrected chi connectivity index (χ0v) is 13.7. The molecule has 1 aliphatic heterocycles. The molecule has 1 saturated heterocycles. The van der Waals surface area contributed by atoms with Crippen LogP contribution in [-0.4, -0.2) is 29.0 Å². The summed E-state index contributed by atoms with van der Waals surface area (Å²) in [5.41, 5.74) is 0.616. The molecule has 1 fully saturated rings. The number of hydrogen-bond donors (Lipinski definition) is 1. The van der Waals surface area contributed by atoms with Crippen molar-refractivity contribution in [1.82, 2.24) is 15.3 Å². The van der Waals surface area contributed by atoms with Crippen molar-refractivity contribution in [3.8, 4) is 0 Å². The van der Waals surface area contributed by atoms with Crippen LogP contribution in [0, 0.1) is 0 Å². The first kappa shape index (κ1) is 15.0. The van der Waals surface area contributed by atoms with Crippen molar-refractivity contribution in [3.63, 3.8) is 0 Å². The Morgan fingerprint density at radius 1 is 1.27 bits per heavy atom. The Morgan fingerprint density at radius 3 is 2.86 bits per heavy atom. The average Bonchev–Trinajstić information content (AvgIpc) is 3.07. The molecule has 0 aliphatic carbocycles. The Bertz CT molecular complexity index is 671.